The maximum Gasteiger partial charge on any atom is 0.237 e. The van der Waals surface area contributed by atoms with Gasteiger partial charge in [-0.3, -0.25) is 9.59 Å². The summed E-state index contributed by atoms with van der Waals surface area (Å²) in [6.45, 7) is 4.91. The molecule has 1 fully saturated rings. The molecule has 108 valence electrons. The molecular formula is C16H22N2O2. The van der Waals surface area contributed by atoms with Crippen LogP contribution in [0.3, 0.4) is 0 Å². The van der Waals surface area contributed by atoms with Gasteiger partial charge >= 0.3 is 0 Å². The Labute approximate surface area is 119 Å². The fourth-order valence-electron chi connectivity index (χ4n) is 2.58. The van der Waals surface area contributed by atoms with Crippen LogP contribution in [-0.4, -0.2) is 30.8 Å². The highest BCUT2D eigenvalue weighted by molar-refractivity contribution is 5.85. The highest BCUT2D eigenvalue weighted by Gasteiger charge is 2.31. The monoisotopic (exact) mass is 274 g/mol. The molecule has 1 amide bonds. The molecule has 1 aliphatic rings. The molecule has 4 heteroatoms. The van der Waals surface area contributed by atoms with Gasteiger partial charge in [0.1, 0.15) is 5.78 Å². The van der Waals surface area contributed by atoms with E-state index in [2.05, 4.69) is 29.7 Å². The van der Waals surface area contributed by atoms with Gasteiger partial charge in [0.25, 0.3) is 0 Å². The van der Waals surface area contributed by atoms with Crippen LogP contribution in [0.5, 0.6) is 0 Å². The van der Waals surface area contributed by atoms with Crippen molar-refractivity contribution in [2.24, 2.45) is 5.92 Å². The number of carbonyl (C=O) groups is 2. The molecule has 1 heterocycles. The number of carbonyl (C=O) groups excluding carboxylic acids is 2. The Morgan fingerprint density at radius 1 is 1.35 bits per heavy atom. The van der Waals surface area contributed by atoms with Crippen LogP contribution < -0.4 is 10.6 Å². The zero-order valence-electron chi connectivity index (χ0n) is 12.1. The van der Waals surface area contributed by atoms with Crippen molar-refractivity contribution in [3.8, 4) is 0 Å². The maximum atomic E-state index is 12.0. The van der Waals surface area contributed by atoms with Gasteiger partial charge < -0.3 is 10.6 Å². The van der Waals surface area contributed by atoms with Crippen molar-refractivity contribution in [1.82, 2.24) is 10.6 Å². The Bertz CT molecular complexity index is 499. The summed E-state index contributed by atoms with van der Waals surface area (Å²) in [5.74, 6) is 0.150. The van der Waals surface area contributed by atoms with E-state index in [1.54, 1.807) is 6.92 Å². The second-order valence-electron chi connectivity index (χ2n) is 5.47. The summed E-state index contributed by atoms with van der Waals surface area (Å²) in [7, 11) is 0. The van der Waals surface area contributed by atoms with Gasteiger partial charge in [0.15, 0.2) is 0 Å². The standard InChI is InChI=1S/C16H22N2O2/c1-11-5-3-4-6-13(11)7-8-17-16(20)15-9-14(10-18-15)12(2)19/h3-6,14-15,18H,7-10H2,1-2H3,(H,17,20). The highest BCUT2D eigenvalue weighted by Crippen LogP contribution is 2.15. The van der Waals surface area contributed by atoms with Crippen molar-refractivity contribution in [1.29, 1.82) is 0 Å². The Balaban J connectivity index is 1.76. The zero-order chi connectivity index (χ0) is 14.5. The number of nitrogens with one attached hydrogen (secondary N) is 2. The fraction of sp³-hybridized carbons (Fsp3) is 0.500. The van der Waals surface area contributed by atoms with E-state index in [-0.39, 0.29) is 23.7 Å². The van der Waals surface area contributed by atoms with Crippen LogP contribution in [0.4, 0.5) is 0 Å². The third-order valence-electron chi connectivity index (χ3n) is 3.98. The number of amides is 1. The average Bonchev–Trinajstić information content (AvgIpc) is 2.91. The average molecular weight is 274 g/mol. The normalized spacial score (nSPS) is 21.7. The van der Waals surface area contributed by atoms with E-state index >= 15 is 0 Å². The zero-order valence-corrected chi connectivity index (χ0v) is 12.1. The number of rotatable bonds is 5. The Morgan fingerprint density at radius 2 is 2.10 bits per heavy atom. The number of benzene rings is 1. The number of ketones is 1. The summed E-state index contributed by atoms with van der Waals surface area (Å²) >= 11 is 0. The Kier molecular flexibility index (Phi) is 4.90. The van der Waals surface area contributed by atoms with Gasteiger partial charge in [-0.2, -0.15) is 0 Å². The molecule has 0 saturated carbocycles. The van der Waals surface area contributed by atoms with Crippen molar-refractivity contribution in [3.63, 3.8) is 0 Å². The van der Waals surface area contributed by atoms with Crippen LogP contribution in [-0.2, 0) is 16.0 Å². The van der Waals surface area contributed by atoms with E-state index in [1.165, 1.54) is 11.1 Å². The number of hydrogen-bond acceptors (Lipinski definition) is 3. The first-order valence-electron chi connectivity index (χ1n) is 7.14. The predicted octanol–water partition coefficient (Wildman–Crippen LogP) is 1.22. The number of Topliss-reactive ketones (excluding diaryl/α,β-unsaturated/α-hetero) is 1. The van der Waals surface area contributed by atoms with Crippen molar-refractivity contribution >= 4 is 11.7 Å². The minimum Gasteiger partial charge on any atom is -0.354 e. The Morgan fingerprint density at radius 3 is 2.75 bits per heavy atom. The first kappa shape index (κ1) is 14.7. The predicted molar refractivity (Wildman–Crippen MR) is 78.5 cm³/mol. The summed E-state index contributed by atoms with van der Waals surface area (Å²) in [4.78, 5) is 23.3. The summed E-state index contributed by atoms with van der Waals surface area (Å²) in [6.07, 6.45) is 1.45. The fourth-order valence-corrected chi connectivity index (χ4v) is 2.58. The van der Waals surface area contributed by atoms with Crippen LogP contribution in [0, 0.1) is 12.8 Å². The highest BCUT2D eigenvalue weighted by atomic mass is 16.2. The first-order valence-corrected chi connectivity index (χ1v) is 7.14. The van der Waals surface area contributed by atoms with Crippen LogP contribution >= 0.6 is 0 Å². The molecule has 2 rings (SSSR count). The third kappa shape index (κ3) is 3.67. The molecule has 20 heavy (non-hydrogen) atoms. The lowest BCUT2D eigenvalue weighted by Crippen LogP contribution is -2.41. The molecule has 2 unspecified atom stereocenters. The second-order valence-corrected chi connectivity index (χ2v) is 5.47. The van der Waals surface area contributed by atoms with Crippen molar-refractivity contribution in [2.45, 2.75) is 32.7 Å². The lowest BCUT2D eigenvalue weighted by Gasteiger charge is -2.12. The van der Waals surface area contributed by atoms with Crippen molar-refractivity contribution in [2.75, 3.05) is 13.1 Å². The molecular weight excluding hydrogens is 252 g/mol. The smallest absolute Gasteiger partial charge is 0.237 e. The molecule has 1 aromatic rings. The number of hydrogen-bond donors (Lipinski definition) is 2. The molecule has 0 bridgehead atoms. The molecule has 4 nitrogen and oxygen atoms in total. The van der Waals surface area contributed by atoms with Gasteiger partial charge in [0.05, 0.1) is 6.04 Å². The van der Waals surface area contributed by atoms with Gasteiger partial charge in [-0.15, -0.1) is 0 Å². The van der Waals surface area contributed by atoms with Gasteiger partial charge in [0, 0.05) is 19.0 Å². The molecule has 0 spiro atoms. The molecule has 0 radical (unpaired) electrons. The summed E-state index contributed by atoms with van der Waals surface area (Å²) < 4.78 is 0. The van der Waals surface area contributed by atoms with Gasteiger partial charge in [-0.1, -0.05) is 24.3 Å². The van der Waals surface area contributed by atoms with Gasteiger partial charge in [-0.25, -0.2) is 0 Å². The molecule has 1 saturated heterocycles. The second kappa shape index (κ2) is 6.66. The van der Waals surface area contributed by atoms with Gasteiger partial charge in [0.2, 0.25) is 5.91 Å². The minimum atomic E-state index is -0.222. The topological polar surface area (TPSA) is 58.2 Å². The largest absolute Gasteiger partial charge is 0.354 e. The van der Waals surface area contributed by atoms with Crippen LogP contribution in [0.25, 0.3) is 0 Å². The summed E-state index contributed by atoms with van der Waals surface area (Å²) in [6, 6.07) is 7.97. The lowest BCUT2D eigenvalue weighted by atomic mass is 10.0. The SMILES string of the molecule is CC(=O)C1CNC(C(=O)NCCc2ccccc2C)C1. The van der Waals surface area contributed by atoms with E-state index in [1.807, 2.05) is 12.1 Å². The molecule has 1 aliphatic heterocycles. The van der Waals surface area contributed by atoms with Crippen LogP contribution in [0.1, 0.15) is 24.5 Å². The maximum absolute atomic E-state index is 12.0. The molecule has 2 N–H and O–H groups in total. The van der Waals surface area contributed by atoms with Gasteiger partial charge in [-0.05, 0) is 37.8 Å². The van der Waals surface area contributed by atoms with E-state index in [0.29, 0.717) is 19.5 Å². The Hall–Kier alpha value is -1.68. The molecule has 1 aromatic carbocycles. The molecule has 0 aromatic heterocycles. The van der Waals surface area contributed by atoms with Crippen molar-refractivity contribution in [3.05, 3.63) is 35.4 Å². The third-order valence-corrected chi connectivity index (χ3v) is 3.98. The molecule has 0 aliphatic carbocycles. The van der Waals surface area contributed by atoms with E-state index in [0.717, 1.165) is 6.42 Å². The quantitative estimate of drug-likeness (QED) is 0.849. The first-order chi connectivity index (χ1) is 9.58. The van der Waals surface area contributed by atoms with Crippen LogP contribution in [0.2, 0.25) is 0 Å². The minimum absolute atomic E-state index is 0.00216. The van der Waals surface area contributed by atoms with Crippen LogP contribution in [0.15, 0.2) is 24.3 Å². The summed E-state index contributed by atoms with van der Waals surface area (Å²) in [5, 5.41) is 6.06. The lowest BCUT2D eigenvalue weighted by molar-refractivity contribution is -0.123. The summed E-state index contributed by atoms with van der Waals surface area (Å²) in [5.41, 5.74) is 2.51. The van der Waals surface area contributed by atoms with Crippen molar-refractivity contribution < 1.29 is 9.59 Å². The van der Waals surface area contributed by atoms with E-state index in [9.17, 15) is 9.59 Å². The molecule has 2 atom stereocenters. The van der Waals surface area contributed by atoms with E-state index < -0.39 is 0 Å². The number of aryl methyl sites for hydroxylation is 1. The van der Waals surface area contributed by atoms with E-state index in [4.69, 9.17) is 0 Å².